The molecule has 0 atom stereocenters. The molecule has 0 aromatic carbocycles. The first-order valence-electron chi connectivity index (χ1n) is 3.16. The molecule has 0 unspecified atom stereocenters. The predicted octanol–water partition coefficient (Wildman–Crippen LogP) is 0.574. The van der Waals surface area contributed by atoms with Crippen molar-refractivity contribution in [2.24, 2.45) is 0 Å². The number of rotatable bonds is 1. The summed E-state index contributed by atoms with van der Waals surface area (Å²) < 4.78 is 0. The Morgan fingerprint density at radius 2 is 0.909 bits per heavy atom. The van der Waals surface area contributed by atoms with Crippen LogP contribution in [-0.2, 0) is 0 Å². The second-order valence-electron chi connectivity index (χ2n) is 0.763. The summed E-state index contributed by atoms with van der Waals surface area (Å²) in [5, 5.41) is 22.8. The summed E-state index contributed by atoms with van der Waals surface area (Å²) in [4.78, 5) is 0. The SMILES string of the molecule is C=C.C=C.CCO.OCCO. The molecule has 3 nitrogen and oxygen atoms in total. The number of hydrogen-bond acceptors (Lipinski definition) is 3. The van der Waals surface area contributed by atoms with Crippen molar-refractivity contribution in [3.05, 3.63) is 26.3 Å². The van der Waals surface area contributed by atoms with Gasteiger partial charge in [-0.05, 0) is 6.92 Å². The summed E-state index contributed by atoms with van der Waals surface area (Å²) in [6, 6.07) is 0. The van der Waals surface area contributed by atoms with E-state index < -0.39 is 0 Å². The molecule has 70 valence electrons. The molecule has 0 aliphatic carbocycles. The van der Waals surface area contributed by atoms with Gasteiger partial charge in [0, 0.05) is 6.61 Å². The minimum absolute atomic E-state index is 0.125. The van der Waals surface area contributed by atoms with Gasteiger partial charge in [-0.2, -0.15) is 0 Å². The van der Waals surface area contributed by atoms with Crippen LogP contribution in [0.25, 0.3) is 0 Å². The van der Waals surface area contributed by atoms with E-state index in [0.717, 1.165) is 0 Å². The molecule has 0 spiro atoms. The molecule has 0 aliphatic heterocycles. The van der Waals surface area contributed by atoms with Gasteiger partial charge in [-0.3, -0.25) is 0 Å². The molecular formula is C8H20O3. The molecule has 0 heterocycles. The highest BCUT2D eigenvalue weighted by Crippen LogP contribution is 1.39. The van der Waals surface area contributed by atoms with Crippen molar-refractivity contribution in [3.8, 4) is 0 Å². The van der Waals surface area contributed by atoms with Gasteiger partial charge < -0.3 is 15.3 Å². The largest absolute Gasteiger partial charge is 0.397 e. The Morgan fingerprint density at radius 3 is 0.909 bits per heavy atom. The Labute approximate surface area is 69.3 Å². The van der Waals surface area contributed by atoms with Crippen LogP contribution in [0.4, 0.5) is 0 Å². The van der Waals surface area contributed by atoms with Gasteiger partial charge in [0.2, 0.25) is 0 Å². The van der Waals surface area contributed by atoms with Crippen LogP contribution in [0.5, 0.6) is 0 Å². The van der Waals surface area contributed by atoms with Gasteiger partial charge in [0.05, 0.1) is 13.2 Å². The Balaban J connectivity index is -0.0000000315. The Kier molecular flexibility index (Phi) is 240. The topological polar surface area (TPSA) is 60.7 Å². The van der Waals surface area contributed by atoms with E-state index >= 15 is 0 Å². The third-order valence-corrected chi connectivity index (χ3v) is 0.1000. The van der Waals surface area contributed by atoms with Gasteiger partial charge in [0.1, 0.15) is 0 Å². The maximum atomic E-state index is 7.62. The van der Waals surface area contributed by atoms with Crippen molar-refractivity contribution in [1.82, 2.24) is 0 Å². The average Bonchev–Trinajstić information content (AvgIpc) is 2.12. The van der Waals surface area contributed by atoms with Gasteiger partial charge in [-0.15, -0.1) is 26.3 Å². The molecule has 3 heteroatoms. The van der Waals surface area contributed by atoms with Crippen LogP contribution in [0.1, 0.15) is 6.92 Å². The molecule has 0 bridgehead atoms. The lowest BCUT2D eigenvalue weighted by atomic mass is 10.8. The molecule has 0 fully saturated rings. The Morgan fingerprint density at radius 1 is 0.818 bits per heavy atom. The van der Waals surface area contributed by atoms with E-state index in [0.29, 0.717) is 0 Å². The fourth-order valence-electron chi connectivity index (χ4n) is 0. The molecule has 11 heavy (non-hydrogen) atoms. The third-order valence-electron chi connectivity index (χ3n) is 0.1000. The van der Waals surface area contributed by atoms with Crippen LogP contribution in [-0.4, -0.2) is 35.1 Å². The fourth-order valence-corrected chi connectivity index (χ4v) is 0. The molecular weight excluding hydrogens is 144 g/mol. The van der Waals surface area contributed by atoms with Crippen molar-refractivity contribution in [2.45, 2.75) is 6.92 Å². The first-order valence-corrected chi connectivity index (χ1v) is 3.16. The van der Waals surface area contributed by atoms with E-state index in [1.165, 1.54) is 0 Å². The molecule has 0 saturated carbocycles. The lowest BCUT2D eigenvalue weighted by Gasteiger charge is -1.70. The molecule has 0 aromatic rings. The minimum Gasteiger partial charge on any atom is -0.397 e. The highest BCUT2D eigenvalue weighted by molar-refractivity contribution is 4.22. The van der Waals surface area contributed by atoms with Crippen LogP contribution < -0.4 is 0 Å². The molecule has 0 aliphatic rings. The Hall–Kier alpha value is -0.640. The monoisotopic (exact) mass is 164 g/mol. The van der Waals surface area contributed by atoms with Crippen molar-refractivity contribution in [3.63, 3.8) is 0 Å². The van der Waals surface area contributed by atoms with Crippen LogP contribution in [0.3, 0.4) is 0 Å². The molecule has 3 N–H and O–H groups in total. The van der Waals surface area contributed by atoms with Crippen LogP contribution in [0.2, 0.25) is 0 Å². The quantitative estimate of drug-likeness (QED) is 0.497. The van der Waals surface area contributed by atoms with E-state index in [-0.39, 0.29) is 19.8 Å². The highest BCUT2D eigenvalue weighted by atomic mass is 16.3. The van der Waals surface area contributed by atoms with Crippen molar-refractivity contribution < 1.29 is 15.3 Å². The fraction of sp³-hybridized carbons (Fsp3) is 0.500. The van der Waals surface area contributed by atoms with E-state index in [9.17, 15) is 0 Å². The highest BCUT2D eigenvalue weighted by Gasteiger charge is 1.58. The van der Waals surface area contributed by atoms with E-state index in [1.54, 1.807) is 6.92 Å². The summed E-state index contributed by atoms with van der Waals surface area (Å²) >= 11 is 0. The smallest absolute Gasteiger partial charge is 0.0662 e. The third kappa shape index (κ3) is 3910. The summed E-state index contributed by atoms with van der Waals surface area (Å²) in [6.07, 6.45) is 0. The van der Waals surface area contributed by atoms with Gasteiger partial charge in [0.15, 0.2) is 0 Å². The molecule has 0 rings (SSSR count). The van der Waals surface area contributed by atoms with Crippen LogP contribution in [0.15, 0.2) is 26.3 Å². The van der Waals surface area contributed by atoms with Crippen LogP contribution >= 0.6 is 0 Å². The zero-order chi connectivity index (χ0) is 10.1. The standard InChI is InChI=1S/C2H6O2.C2H6O.2C2H4/c3-1-2-4;1-2-3;2*1-2/h3-4H,1-2H2;3H,2H2,1H3;2*1-2H2. The average molecular weight is 164 g/mol. The summed E-state index contributed by atoms with van der Waals surface area (Å²) in [6.45, 7) is 13.7. The molecule has 0 radical (unpaired) electrons. The number of aliphatic hydroxyl groups excluding tert-OH is 3. The number of aliphatic hydroxyl groups is 3. The van der Waals surface area contributed by atoms with E-state index in [1.807, 2.05) is 0 Å². The second-order valence-corrected chi connectivity index (χ2v) is 0.763. The predicted molar refractivity (Wildman–Crippen MR) is 49.4 cm³/mol. The zero-order valence-electron chi connectivity index (χ0n) is 7.29. The van der Waals surface area contributed by atoms with E-state index in [4.69, 9.17) is 15.3 Å². The van der Waals surface area contributed by atoms with Gasteiger partial charge in [-0.25, -0.2) is 0 Å². The Bertz CT molecular complexity index is 28.5. The van der Waals surface area contributed by atoms with Crippen molar-refractivity contribution in [2.75, 3.05) is 19.8 Å². The first kappa shape index (κ1) is 22.4. The maximum Gasteiger partial charge on any atom is 0.0662 e. The maximum absolute atomic E-state index is 7.62. The normalized spacial score (nSPS) is 5.09. The van der Waals surface area contributed by atoms with Crippen molar-refractivity contribution >= 4 is 0 Å². The zero-order valence-corrected chi connectivity index (χ0v) is 7.29. The number of hydrogen-bond donors (Lipinski definition) is 3. The summed E-state index contributed by atoms with van der Waals surface area (Å²) in [5.74, 6) is 0. The lowest BCUT2D eigenvalue weighted by molar-refractivity contribution is 0.186. The molecule has 0 aromatic heterocycles. The van der Waals surface area contributed by atoms with E-state index in [2.05, 4.69) is 26.3 Å². The second kappa shape index (κ2) is 117. The van der Waals surface area contributed by atoms with Crippen molar-refractivity contribution in [1.29, 1.82) is 0 Å². The van der Waals surface area contributed by atoms with Crippen LogP contribution in [0, 0.1) is 0 Å². The van der Waals surface area contributed by atoms with Gasteiger partial charge in [0.25, 0.3) is 0 Å². The summed E-state index contributed by atoms with van der Waals surface area (Å²) in [5.41, 5.74) is 0. The lowest BCUT2D eigenvalue weighted by Crippen LogP contribution is -1.85. The van der Waals surface area contributed by atoms with Gasteiger partial charge >= 0.3 is 0 Å². The molecule has 0 saturated heterocycles. The minimum atomic E-state index is -0.125. The van der Waals surface area contributed by atoms with Gasteiger partial charge in [-0.1, -0.05) is 0 Å². The molecule has 0 amide bonds. The summed E-state index contributed by atoms with van der Waals surface area (Å²) in [7, 11) is 0. The first-order chi connectivity index (χ1) is 5.33.